The first-order valence-corrected chi connectivity index (χ1v) is 7.14. The van der Waals surface area contributed by atoms with Crippen LogP contribution in [0.4, 0.5) is 0 Å². The molecule has 0 aromatic heterocycles. The van der Waals surface area contributed by atoms with Crippen molar-refractivity contribution in [2.24, 2.45) is 0 Å². The predicted molar refractivity (Wildman–Crippen MR) is 76.4 cm³/mol. The van der Waals surface area contributed by atoms with E-state index in [1.807, 2.05) is 30.0 Å². The first-order valence-electron chi connectivity index (χ1n) is 7.14. The van der Waals surface area contributed by atoms with Gasteiger partial charge in [0.25, 0.3) is 5.91 Å². The summed E-state index contributed by atoms with van der Waals surface area (Å²) in [4.78, 5) is 14.1. The third kappa shape index (κ3) is 3.28. The lowest BCUT2D eigenvalue weighted by molar-refractivity contribution is -0.136. The van der Waals surface area contributed by atoms with Gasteiger partial charge in [-0.05, 0) is 37.3 Å². The summed E-state index contributed by atoms with van der Waals surface area (Å²) < 4.78 is 5.89. The van der Waals surface area contributed by atoms with E-state index in [1.54, 1.807) is 0 Å². The SMILES string of the molecule is CC(Oc1ccccc1C(C)C)C(=O)N1CCCC1. The lowest BCUT2D eigenvalue weighted by Crippen LogP contribution is -2.38. The first-order chi connectivity index (χ1) is 9.09. The molecule has 1 unspecified atom stereocenters. The van der Waals surface area contributed by atoms with Crippen LogP contribution in [0.3, 0.4) is 0 Å². The maximum atomic E-state index is 12.2. The minimum Gasteiger partial charge on any atom is -0.481 e. The molecule has 1 heterocycles. The fourth-order valence-electron chi connectivity index (χ4n) is 2.50. The minimum atomic E-state index is -0.405. The molecule has 0 saturated carbocycles. The molecule has 1 atom stereocenters. The number of hydrogen-bond acceptors (Lipinski definition) is 2. The maximum absolute atomic E-state index is 12.2. The molecule has 1 saturated heterocycles. The van der Waals surface area contributed by atoms with Crippen molar-refractivity contribution in [3.8, 4) is 5.75 Å². The molecule has 1 amide bonds. The Kier molecular flexibility index (Phi) is 4.46. The number of rotatable bonds is 4. The Labute approximate surface area is 115 Å². The van der Waals surface area contributed by atoms with E-state index in [4.69, 9.17) is 4.74 Å². The lowest BCUT2D eigenvalue weighted by atomic mass is 10.0. The zero-order valence-electron chi connectivity index (χ0n) is 12.1. The number of carbonyl (C=O) groups excluding carboxylic acids is 1. The summed E-state index contributed by atoms with van der Waals surface area (Å²) in [5.41, 5.74) is 1.16. The number of para-hydroxylation sites is 1. The van der Waals surface area contributed by atoms with Gasteiger partial charge < -0.3 is 9.64 Å². The van der Waals surface area contributed by atoms with Crippen molar-refractivity contribution in [1.82, 2.24) is 4.90 Å². The van der Waals surface area contributed by atoms with Crippen molar-refractivity contribution in [3.05, 3.63) is 29.8 Å². The number of carbonyl (C=O) groups is 1. The molecule has 0 bridgehead atoms. The van der Waals surface area contributed by atoms with Gasteiger partial charge >= 0.3 is 0 Å². The molecule has 0 radical (unpaired) electrons. The monoisotopic (exact) mass is 261 g/mol. The van der Waals surface area contributed by atoms with Crippen molar-refractivity contribution in [2.45, 2.75) is 45.6 Å². The van der Waals surface area contributed by atoms with E-state index < -0.39 is 6.10 Å². The van der Waals surface area contributed by atoms with E-state index in [0.29, 0.717) is 5.92 Å². The third-order valence-electron chi connectivity index (χ3n) is 3.61. The average Bonchev–Trinajstić information content (AvgIpc) is 2.92. The van der Waals surface area contributed by atoms with Gasteiger partial charge in [-0.25, -0.2) is 0 Å². The van der Waals surface area contributed by atoms with Crippen molar-refractivity contribution in [2.75, 3.05) is 13.1 Å². The van der Waals surface area contributed by atoms with Gasteiger partial charge in [0.05, 0.1) is 0 Å². The summed E-state index contributed by atoms with van der Waals surface area (Å²) in [5, 5.41) is 0. The normalized spacial score (nSPS) is 16.7. The molecule has 1 aliphatic rings. The summed E-state index contributed by atoms with van der Waals surface area (Å²) in [6, 6.07) is 7.97. The number of nitrogens with zero attached hydrogens (tertiary/aromatic N) is 1. The fraction of sp³-hybridized carbons (Fsp3) is 0.562. The first kappa shape index (κ1) is 13.9. The Hall–Kier alpha value is -1.51. The topological polar surface area (TPSA) is 29.5 Å². The van der Waals surface area contributed by atoms with E-state index in [9.17, 15) is 4.79 Å². The van der Waals surface area contributed by atoms with E-state index in [2.05, 4.69) is 19.9 Å². The molecule has 104 valence electrons. The molecule has 0 spiro atoms. The van der Waals surface area contributed by atoms with Crippen LogP contribution in [0.25, 0.3) is 0 Å². The van der Waals surface area contributed by atoms with Gasteiger partial charge in [-0.2, -0.15) is 0 Å². The van der Waals surface area contributed by atoms with Crippen LogP contribution >= 0.6 is 0 Å². The second kappa shape index (κ2) is 6.09. The Morgan fingerprint density at radius 1 is 1.16 bits per heavy atom. The van der Waals surface area contributed by atoms with Gasteiger partial charge in [0.1, 0.15) is 5.75 Å². The van der Waals surface area contributed by atoms with E-state index in [1.165, 1.54) is 0 Å². The van der Waals surface area contributed by atoms with Gasteiger partial charge in [-0.15, -0.1) is 0 Å². The van der Waals surface area contributed by atoms with Gasteiger partial charge in [0.2, 0.25) is 0 Å². The van der Waals surface area contributed by atoms with Crippen molar-refractivity contribution >= 4 is 5.91 Å². The molecule has 1 aliphatic heterocycles. The standard InChI is InChI=1S/C16H23NO2/c1-12(2)14-8-4-5-9-15(14)19-13(3)16(18)17-10-6-7-11-17/h4-5,8-9,12-13H,6-7,10-11H2,1-3H3. The quantitative estimate of drug-likeness (QED) is 0.833. The Morgan fingerprint density at radius 3 is 2.42 bits per heavy atom. The zero-order chi connectivity index (χ0) is 13.8. The van der Waals surface area contributed by atoms with Crippen LogP contribution in [-0.4, -0.2) is 30.0 Å². The third-order valence-corrected chi connectivity index (χ3v) is 3.61. The van der Waals surface area contributed by atoms with Crippen molar-refractivity contribution in [3.63, 3.8) is 0 Å². The summed E-state index contributed by atoms with van der Waals surface area (Å²) in [7, 11) is 0. The van der Waals surface area contributed by atoms with Crippen LogP contribution in [0.2, 0.25) is 0 Å². The molecule has 0 aliphatic carbocycles. The summed E-state index contributed by atoms with van der Waals surface area (Å²) >= 11 is 0. The molecular weight excluding hydrogens is 238 g/mol. The molecule has 1 fully saturated rings. The van der Waals surface area contributed by atoms with Gasteiger partial charge in [0, 0.05) is 13.1 Å². The van der Waals surface area contributed by atoms with E-state index >= 15 is 0 Å². The van der Waals surface area contributed by atoms with Gasteiger partial charge in [0.15, 0.2) is 6.10 Å². The predicted octanol–water partition coefficient (Wildman–Crippen LogP) is 3.20. The van der Waals surface area contributed by atoms with Crippen molar-refractivity contribution in [1.29, 1.82) is 0 Å². The maximum Gasteiger partial charge on any atom is 0.263 e. The fourth-order valence-corrected chi connectivity index (χ4v) is 2.50. The van der Waals surface area contributed by atoms with Crippen LogP contribution in [0.15, 0.2) is 24.3 Å². The minimum absolute atomic E-state index is 0.107. The number of hydrogen-bond donors (Lipinski definition) is 0. The molecule has 19 heavy (non-hydrogen) atoms. The van der Waals surface area contributed by atoms with Crippen LogP contribution in [0, 0.1) is 0 Å². The molecule has 1 aromatic rings. The number of ether oxygens (including phenoxy) is 1. The second-order valence-electron chi connectivity index (χ2n) is 5.48. The molecular formula is C16H23NO2. The molecule has 0 N–H and O–H groups in total. The van der Waals surface area contributed by atoms with Crippen LogP contribution in [0.5, 0.6) is 5.75 Å². The van der Waals surface area contributed by atoms with E-state index in [-0.39, 0.29) is 5.91 Å². The summed E-state index contributed by atoms with van der Waals surface area (Å²) in [6.45, 7) is 7.86. The highest BCUT2D eigenvalue weighted by Crippen LogP contribution is 2.27. The number of amides is 1. The summed E-state index contributed by atoms with van der Waals surface area (Å²) in [5.74, 6) is 1.33. The molecule has 3 heteroatoms. The summed E-state index contributed by atoms with van der Waals surface area (Å²) in [6.07, 6.45) is 1.82. The highest BCUT2D eigenvalue weighted by Gasteiger charge is 2.25. The number of likely N-dealkylation sites (tertiary alicyclic amines) is 1. The largest absolute Gasteiger partial charge is 0.481 e. The van der Waals surface area contributed by atoms with Gasteiger partial charge in [-0.3, -0.25) is 4.79 Å². The molecule has 3 nitrogen and oxygen atoms in total. The molecule has 1 aromatic carbocycles. The average molecular weight is 261 g/mol. The Morgan fingerprint density at radius 2 is 1.79 bits per heavy atom. The second-order valence-corrected chi connectivity index (χ2v) is 5.48. The highest BCUT2D eigenvalue weighted by molar-refractivity contribution is 5.81. The van der Waals surface area contributed by atoms with Crippen LogP contribution in [0.1, 0.15) is 45.1 Å². The van der Waals surface area contributed by atoms with Crippen LogP contribution in [-0.2, 0) is 4.79 Å². The Bertz CT molecular complexity index is 436. The lowest BCUT2D eigenvalue weighted by Gasteiger charge is -2.23. The zero-order valence-corrected chi connectivity index (χ0v) is 12.1. The Balaban J connectivity index is 2.06. The number of benzene rings is 1. The highest BCUT2D eigenvalue weighted by atomic mass is 16.5. The molecule has 2 rings (SSSR count). The van der Waals surface area contributed by atoms with Gasteiger partial charge in [-0.1, -0.05) is 32.0 Å². The van der Waals surface area contributed by atoms with Crippen LogP contribution < -0.4 is 4.74 Å². The van der Waals surface area contributed by atoms with Crippen molar-refractivity contribution < 1.29 is 9.53 Å². The smallest absolute Gasteiger partial charge is 0.263 e. The van der Waals surface area contributed by atoms with E-state index in [0.717, 1.165) is 37.2 Å².